The third-order valence-corrected chi connectivity index (χ3v) is 4.36. The topological polar surface area (TPSA) is 203 Å². The van der Waals surface area contributed by atoms with E-state index in [-0.39, 0.29) is 13.0 Å². The van der Waals surface area contributed by atoms with E-state index in [4.69, 9.17) is 32.4 Å². The molecule has 0 bridgehead atoms. The quantitative estimate of drug-likeness (QED) is 0.248. The average Bonchev–Trinajstić information content (AvgIpc) is 2.49. The monoisotopic (exact) mass is 322 g/mol. The van der Waals surface area contributed by atoms with E-state index >= 15 is 0 Å². The molecule has 1 aliphatic carbocycles. The number of aliphatic hydroxyl groups excluding tert-OH is 4. The van der Waals surface area contributed by atoms with Crippen LogP contribution in [0.4, 0.5) is 0 Å². The summed E-state index contributed by atoms with van der Waals surface area (Å²) in [6.07, 6.45) is -7.73. The lowest BCUT2D eigenvalue weighted by atomic mass is 9.84. The molecule has 10 heteroatoms. The highest BCUT2D eigenvalue weighted by molar-refractivity contribution is 4.99. The second-order valence-corrected chi connectivity index (χ2v) is 5.98. The lowest BCUT2D eigenvalue weighted by Gasteiger charge is -2.45. The summed E-state index contributed by atoms with van der Waals surface area (Å²) in [6, 6.07) is -2.34. The molecule has 2 rings (SSSR count). The molecular weight excluding hydrogens is 296 g/mol. The van der Waals surface area contributed by atoms with Crippen LogP contribution in [0.2, 0.25) is 0 Å². The molecule has 0 spiro atoms. The van der Waals surface area contributed by atoms with Crippen LogP contribution in [-0.4, -0.2) is 88.0 Å². The van der Waals surface area contributed by atoms with Gasteiger partial charge in [-0.15, -0.1) is 0 Å². The van der Waals surface area contributed by atoms with Gasteiger partial charge in [0.25, 0.3) is 0 Å². The Kier molecular flexibility index (Phi) is 5.72. The molecule has 10 atom stereocenters. The maximum atomic E-state index is 10.1. The van der Waals surface area contributed by atoms with Crippen molar-refractivity contribution in [3.63, 3.8) is 0 Å². The first-order chi connectivity index (χ1) is 10.3. The van der Waals surface area contributed by atoms with Crippen molar-refractivity contribution in [3.05, 3.63) is 0 Å². The van der Waals surface area contributed by atoms with E-state index in [1.165, 1.54) is 0 Å². The third kappa shape index (κ3) is 3.26. The van der Waals surface area contributed by atoms with Crippen molar-refractivity contribution in [2.24, 2.45) is 22.9 Å². The van der Waals surface area contributed by atoms with Crippen LogP contribution in [0.1, 0.15) is 6.42 Å². The predicted molar refractivity (Wildman–Crippen MR) is 75.2 cm³/mol. The smallest absolute Gasteiger partial charge is 0.176 e. The van der Waals surface area contributed by atoms with Gasteiger partial charge in [0.15, 0.2) is 6.29 Å². The molecule has 0 aromatic rings. The van der Waals surface area contributed by atoms with Crippen molar-refractivity contribution in [1.29, 1.82) is 0 Å². The molecular formula is C12H26N4O6. The Labute approximate surface area is 128 Å². The van der Waals surface area contributed by atoms with E-state index < -0.39 is 61.0 Å². The summed E-state index contributed by atoms with van der Waals surface area (Å²) in [7, 11) is 0. The van der Waals surface area contributed by atoms with E-state index in [2.05, 4.69) is 0 Å². The zero-order chi connectivity index (χ0) is 16.6. The summed E-state index contributed by atoms with van der Waals surface area (Å²) in [5, 5.41) is 39.6. The molecule has 0 aromatic carbocycles. The zero-order valence-corrected chi connectivity index (χ0v) is 12.1. The number of ether oxygens (including phenoxy) is 2. The fourth-order valence-electron chi connectivity index (χ4n) is 2.89. The minimum absolute atomic E-state index is 0.0441. The largest absolute Gasteiger partial charge is 0.389 e. The Morgan fingerprint density at radius 3 is 2.14 bits per heavy atom. The Bertz CT molecular complexity index is 376. The molecule has 22 heavy (non-hydrogen) atoms. The van der Waals surface area contributed by atoms with Crippen LogP contribution in [0.3, 0.4) is 0 Å². The second kappa shape index (κ2) is 7.01. The highest BCUT2D eigenvalue weighted by Crippen LogP contribution is 2.26. The number of hydrogen-bond donors (Lipinski definition) is 8. The van der Waals surface area contributed by atoms with Gasteiger partial charge in [0, 0.05) is 18.6 Å². The Hall–Kier alpha value is -0.400. The standard InChI is InChI=1S/C12H26N4O6/c13-2-5-8(18)9(19)6(16)12(21-5)22-11-4(15)1-3(14)7(17)10(11)20/h3-12,17-20H,1-2,13-16H2/t3-,4+,5-,6-,7+,8-,9-,10-,11-,12+/m1/s1. The zero-order valence-electron chi connectivity index (χ0n) is 12.1. The predicted octanol–water partition coefficient (Wildman–Crippen LogP) is -5.12. The van der Waals surface area contributed by atoms with E-state index in [1.807, 2.05) is 0 Å². The van der Waals surface area contributed by atoms with Crippen LogP contribution in [0.5, 0.6) is 0 Å². The minimum Gasteiger partial charge on any atom is -0.389 e. The summed E-state index contributed by atoms with van der Waals surface area (Å²) in [5.41, 5.74) is 22.8. The number of rotatable bonds is 3. The van der Waals surface area contributed by atoms with Gasteiger partial charge in [-0.05, 0) is 6.42 Å². The van der Waals surface area contributed by atoms with Crippen molar-refractivity contribution < 1.29 is 29.9 Å². The molecule has 10 nitrogen and oxygen atoms in total. The van der Waals surface area contributed by atoms with Gasteiger partial charge in [0.05, 0.1) is 12.1 Å². The molecule has 0 radical (unpaired) electrons. The molecule has 2 fully saturated rings. The molecule has 1 aliphatic heterocycles. The van der Waals surface area contributed by atoms with Crippen LogP contribution in [0.25, 0.3) is 0 Å². The summed E-state index contributed by atoms with van der Waals surface area (Å²) in [4.78, 5) is 0. The Morgan fingerprint density at radius 1 is 0.909 bits per heavy atom. The minimum atomic E-state index is -1.31. The van der Waals surface area contributed by atoms with Crippen molar-refractivity contribution >= 4 is 0 Å². The Morgan fingerprint density at radius 2 is 1.55 bits per heavy atom. The lowest BCUT2D eigenvalue weighted by molar-refractivity contribution is -0.287. The molecule has 0 aromatic heterocycles. The number of hydrogen-bond acceptors (Lipinski definition) is 10. The third-order valence-electron chi connectivity index (χ3n) is 4.36. The molecule has 0 unspecified atom stereocenters. The van der Waals surface area contributed by atoms with Crippen molar-refractivity contribution in [1.82, 2.24) is 0 Å². The van der Waals surface area contributed by atoms with Crippen molar-refractivity contribution in [3.8, 4) is 0 Å². The van der Waals surface area contributed by atoms with Gasteiger partial charge in [0.1, 0.15) is 30.5 Å². The van der Waals surface area contributed by atoms with Crippen molar-refractivity contribution in [2.45, 2.75) is 67.5 Å². The van der Waals surface area contributed by atoms with E-state index in [9.17, 15) is 20.4 Å². The summed E-state index contributed by atoms with van der Waals surface area (Å²) >= 11 is 0. The van der Waals surface area contributed by atoms with Crippen molar-refractivity contribution in [2.75, 3.05) is 6.54 Å². The summed E-state index contributed by atoms with van der Waals surface area (Å²) in [5.74, 6) is 0. The van der Waals surface area contributed by atoms with Gasteiger partial charge in [-0.2, -0.15) is 0 Å². The molecule has 2 aliphatic rings. The maximum absolute atomic E-state index is 10.1. The Balaban J connectivity index is 2.08. The molecule has 12 N–H and O–H groups in total. The van der Waals surface area contributed by atoms with E-state index in [0.29, 0.717) is 0 Å². The average molecular weight is 322 g/mol. The van der Waals surface area contributed by atoms with Gasteiger partial charge < -0.3 is 52.8 Å². The molecule has 1 heterocycles. The van der Waals surface area contributed by atoms with Gasteiger partial charge in [-0.3, -0.25) is 0 Å². The molecule has 130 valence electrons. The first-order valence-electron chi connectivity index (χ1n) is 7.28. The highest BCUT2D eigenvalue weighted by atomic mass is 16.7. The van der Waals surface area contributed by atoms with Gasteiger partial charge in [-0.1, -0.05) is 0 Å². The van der Waals surface area contributed by atoms with Crippen LogP contribution in [-0.2, 0) is 9.47 Å². The lowest BCUT2D eigenvalue weighted by Crippen LogP contribution is -2.67. The van der Waals surface area contributed by atoms with Crippen LogP contribution < -0.4 is 22.9 Å². The van der Waals surface area contributed by atoms with E-state index in [1.54, 1.807) is 0 Å². The maximum Gasteiger partial charge on any atom is 0.176 e. The van der Waals surface area contributed by atoms with E-state index in [0.717, 1.165) is 0 Å². The summed E-state index contributed by atoms with van der Waals surface area (Å²) in [6.45, 7) is -0.0441. The van der Waals surface area contributed by atoms with Crippen LogP contribution in [0, 0.1) is 0 Å². The van der Waals surface area contributed by atoms with Gasteiger partial charge in [-0.25, -0.2) is 0 Å². The molecule has 1 saturated heterocycles. The first kappa shape index (κ1) is 17.9. The SMILES string of the molecule is NC[C@H]1O[C@@H](O[C@H]2[C@H](O)[C@@H](O)[C@H](N)C[C@@H]2N)[C@H](N)[C@@H](O)[C@@H]1O. The first-order valence-corrected chi connectivity index (χ1v) is 7.28. The fraction of sp³-hybridized carbons (Fsp3) is 1.00. The summed E-state index contributed by atoms with van der Waals surface area (Å²) < 4.78 is 11.0. The molecule has 0 amide bonds. The normalized spacial score (nSPS) is 53.5. The highest BCUT2D eigenvalue weighted by Gasteiger charge is 2.47. The fourth-order valence-corrected chi connectivity index (χ4v) is 2.89. The van der Waals surface area contributed by atoms with Crippen LogP contribution >= 0.6 is 0 Å². The number of aliphatic hydroxyl groups is 4. The van der Waals surface area contributed by atoms with Gasteiger partial charge in [0.2, 0.25) is 0 Å². The molecule has 1 saturated carbocycles. The number of nitrogens with two attached hydrogens (primary N) is 4. The van der Waals surface area contributed by atoms with Crippen LogP contribution in [0.15, 0.2) is 0 Å². The van der Waals surface area contributed by atoms with Gasteiger partial charge >= 0.3 is 0 Å². The second-order valence-electron chi connectivity index (χ2n) is 5.98.